The second-order valence-electron chi connectivity index (χ2n) is 7.62. The number of hydrogen-bond acceptors (Lipinski definition) is 4. The third-order valence-electron chi connectivity index (χ3n) is 5.29. The maximum atomic E-state index is 14.7. The van der Waals surface area contributed by atoms with Gasteiger partial charge in [0.05, 0.1) is 5.56 Å². The predicted molar refractivity (Wildman–Crippen MR) is 107 cm³/mol. The molecule has 0 radical (unpaired) electrons. The topological polar surface area (TPSA) is 71.5 Å². The number of carbonyl (C=O) groups excluding carboxylic acids is 1. The molecule has 144 valence electrons. The summed E-state index contributed by atoms with van der Waals surface area (Å²) in [4.78, 5) is 28.6. The van der Waals surface area contributed by atoms with E-state index in [1.807, 2.05) is 31.3 Å². The smallest absolute Gasteiger partial charge is 0.224 e. The molecule has 29 heavy (non-hydrogen) atoms. The van der Waals surface area contributed by atoms with Crippen LogP contribution in [0.4, 0.5) is 4.39 Å². The summed E-state index contributed by atoms with van der Waals surface area (Å²) >= 11 is 0. The largest absolute Gasteiger partial charge is 0.345 e. The molecule has 4 aromatic heterocycles. The average Bonchev–Trinajstić information content (AvgIpc) is 3.48. The number of H-pyrrole nitrogens is 1. The Bertz CT molecular complexity index is 1230. The standard InChI is InChI=1S/C23H19FN4O/c1-13-8-18-19(12-27-23(18)26-10-13)21(29)17-6-5-16(28-22(17)24)9-14-2-7-20(25-11-14)15-3-4-15/h2,5-8,10-12,15H,3-4,9H2,1H3,(H,26,27). The summed E-state index contributed by atoms with van der Waals surface area (Å²) < 4.78 is 14.7. The number of hydrogen-bond donors (Lipinski definition) is 1. The summed E-state index contributed by atoms with van der Waals surface area (Å²) in [6, 6.07) is 9.12. The molecule has 0 bridgehead atoms. The monoisotopic (exact) mass is 386 g/mol. The molecule has 5 nitrogen and oxygen atoms in total. The van der Waals surface area contributed by atoms with Crippen LogP contribution in [0.15, 0.2) is 48.9 Å². The van der Waals surface area contributed by atoms with Gasteiger partial charge in [-0.2, -0.15) is 4.39 Å². The maximum Gasteiger partial charge on any atom is 0.224 e. The van der Waals surface area contributed by atoms with Crippen LogP contribution in [0.5, 0.6) is 0 Å². The summed E-state index contributed by atoms with van der Waals surface area (Å²) in [5, 5.41) is 0.681. The molecule has 0 amide bonds. The minimum Gasteiger partial charge on any atom is -0.345 e. The van der Waals surface area contributed by atoms with Gasteiger partial charge in [-0.05, 0) is 55.2 Å². The van der Waals surface area contributed by atoms with Gasteiger partial charge in [0, 0.05) is 53.3 Å². The Morgan fingerprint density at radius 3 is 2.72 bits per heavy atom. The second kappa shape index (κ2) is 6.88. The third kappa shape index (κ3) is 3.42. The van der Waals surface area contributed by atoms with Gasteiger partial charge in [0.15, 0.2) is 5.78 Å². The number of halogens is 1. The molecule has 1 saturated carbocycles. The number of rotatable bonds is 5. The van der Waals surface area contributed by atoms with Crippen molar-refractivity contribution in [3.05, 3.63) is 88.5 Å². The van der Waals surface area contributed by atoms with Gasteiger partial charge >= 0.3 is 0 Å². The zero-order valence-corrected chi connectivity index (χ0v) is 15.9. The molecule has 4 aromatic rings. The molecule has 5 rings (SSSR count). The number of fused-ring (bicyclic) bond motifs is 1. The Morgan fingerprint density at radius 1 is 1.14 bits per heavy atom. The highest BCUT2D eigenvalue weighted by atomic mass is 19.1. The van der Waals surface area contributed by atoms with E-state index < -0.39 is 11.7 Å². The minimum atomic E-state index is -0.759. The average molecular weight is 386 g/mol. The SMILES string of the molecule is Cc1cnc2[nH]cc(C(=O)c3ccc(Cc4ccc(C5CC5)nc4)nc3F)c2c1. The van der Waals surface area contributed by atoms with E-state index in [2.05, 4.69) is 19.9 Å². The van der Waals surface area contributed by atoms with Crippen LogP contribution in [0.2, 0.25) is 0 Å². The lowest BCUT2D eigenvalue weighted by Crippen LogP contribution is -2.07. The zero-order valence-electron chi connectivity index (χ0n) is 15.9. The Balaban J connectivity index is 1.39. The van der Waals surface area contributed by atoms with E-state index >= 15 is 0 Å². The van der Waals surface area contributed by atoms with E-state index in [-0.39, 0.29) is 5.56 Å². The normalized spacial score (nSPS) is 13.7. The highest BCUT2D eigenvalue weighted by Crippen LogP contribution is 2.38. The first-order chi connectivity index (χ1) is 14.1. The summed E-state index contributed by atoms with van der Waals surface area (Å²) in [6.45, 7) is 1.90. The minimum absolute atomic E-state index is 0.0432. The quantitative estimate of drug-likeness (QED) is 0.405. The van der Waals surface area contributed by atoms with Gasteiger partial charge in [0.25, 0.3) is 0 Å². The summed E-state index contributed by atoms with van der Waals surface area (Å²) in [5.41, 5.74) is 4.54. The molecule has 1 aliphatic carbocycles. The number of aryl methyl sites for hydroxylation is 1. The summed E-state index contributed by atoms with van der Waals surface area (Å²) in [6.07, 6.45) is 8.00. The number of aromatic nitrogens is 4. The van der Waals surface area contributed by atoms with Crippen LogP contribution in [0.1, 0.15) is 57.2 Å². The van der Waals surface area contributed by atoms with Gasteiger partial charge in [-0.1, -0.05) is 6.07 Å². The van der Waals surface area contributed by atoms with E-state index in [9.17, 15) is 9.18 Å². The molecule has 0 saturated heterocycles. The Kier molecular flexibility index (Phi) is 4.19. The van der Waals surface area contributed by atoms with E-state index in [0.29, 0.717) is 34.6 Å². The van der Waals surface area contributed by atoms with Gasteiger partial charge in [-0.3, -0.25) is 9.78 Å². The van der Waals surface area contributed by atoms with Crippen molar-refractivity contribution >= 4 is 16.8 Å². The van der Waals surface area contributed by atoms with E-state index in [1.165, 1.54) is 18.9 Å². The number of aromatic amines is 1. The lowest BCUT2D eigenvalue weighted by atomic mass is 10.0. The summed E-state index contributed by atoms with van der Waals surface area (Å²) in [7, 11) is 0. The third-order valence-corrected chi connectivity index (χ3v) is 5.29. The molecule has 1 fully saturated rings. The lowest BCUT2D eigenvalue weighted by molar-refractivity contribution is 0.103. The van der Waals surface area contributed by atoms with Gasteiger partial charge in [-0.25, -0.2) is 9.97 Å². The molecule has 0 aliphatic heterocycles. The fraction of sp³-hybridized carbons (Fsp3) is 0.217. The Morgan fingerprint density at radius 2 is 2.00 bits per heavy atom. The van der Waals surface area contributed by atoms with Crippen molar-refractivity contribution in [1.29, 1.82) is 0 Å². The fourth-order valence-corrected chi connectivity index (χ4v) is 3.55. The highest BCUT2D eigenvalue weighted by molar-refractivity contribution is 6.15. The molecule has 6 heteroatoms. The van der Waals surface area contributed by atoms with E-state index in [0.717, 1.165) is 16.8 Å². The molecular weight excluding hydrogens is 367 g/mol. The number of carbonyl (C=O) groups is 1. The molecule has 1 N–H and O–H groups in total. The first kappa shape index (κ1) is 17.7. The van der Waals surface area contributed by atoms with Crippen LogP contribution in [0.25, 0.3) is 11.0 Å². The number of nitrogens with zero attached hydrogens (tertiary/aromatic N) is 3. The van der Waals surface area contributed by atoms with Crippen molar-refractivity contribution in [2.75, 3.05) is 0 Å². The number of ketones is 1. The maximum absolute atomic E-state index is 14.7. The first-order valence-electron chi connectivity index (χ1n) is 9.67. The van der Waals surface area contributed by atoms with Gasteiger partial charge in [0.2, 0.25) is 5.95 Å². The Labute approximate surface area is 167 Å². The van der Waals surface area contributed by atoms with Crippen LogP contribution >= 0.6 is 0 Å². The van der Waals surface area contributed by atoms with E-state index in [1.54, 1.807) is 18.5 Å². The number of nitrogens with one attached hydrogen (secondary N) is 1. The Hall–Kier alpha value is -3.41. The zero-order chi connectivity index (χ0) is 20.0. The van der Waals surface area contributed by atoms with Gasteiger partial charge in [0.1, 0.15) is 5.65 Å². The van der Waals surface area contributed by atoms with Crippen molar-refractivity contribution in [1.82, 2.24) is 19.9 Å². The lowest BCUT2D eigenvalue weighted by Gasteiger charge is -2.06. The van der Waals surface area contributed by atoms with Crippen LogP contribution in [-0.2, 0) is 6.42 Å². The van der Waals surface area contributed by atoms with Crippen molar-refractivity contribution in [2.45, 2.75) is 32.1 Å². The molecule has 0 aromatic carbocycles. The first-order valence-corrected chi connectivity index (χ1v) is 9.67. The second-order valence-corrected chi connectivity index (χ2v) is 7.62. The summed E-state index contributed by atoms with van der Waals surface area (Å²) in [5.74, 6) is -0.561. The van der Waals surface area contributed by atoms with Crippen LogP contribution in [0.3, 0.4) is 0 Å². The molecule has 0 unspecified atom stereocenters. The fourth-order valence-electron chi connectivity index (χ4n) is 3.55. The molecule has 4 heterocycles. The van der Waals surface area contributed by atoms with Crippen LogP contribution < -0.4 is 0 Å². The van der Waals surface area contributed by atoms with Crippen molar-refractivity contribution < 1.29 is 9.18 Å². The molecule has 0 spiro atoms. The van der Waals surface area contributed by atoms with Gasteiger partial charge in [-0.15, -0.1) is 0 Å². The molecule has 0 atom stereocenters. The van der Waals surface area contributed by atoms with Crippen molar-refractivity contribution in [2.24, 2.45) is 0 Å². The van der Waals surface area contributed by atoms with E-state index in [4.69, 9.17) is 0 Å². The van der Waals surface area contributed by atoms with Crippen molar-refractivity contribution in [3.8, 4) is 0 Å². The molecular formula is C23H19FN4O. The van der Waals surface area contributed by atoms with Crippen LogP contribution in [0, 0.1) is 12.9 Å². The van der Waals surface area contributed by atoms with Crippen molar-refractivity contribution in [3.63, 3.8) is 0 Å². The number of pyridine rings is 3. The van der Waals surface area contributed by atoms with Crippen LogP contribution in [-0.4, -0.2) is 25.7 Å². The van der Waals surface area contributed by atoms with Gasteiger partial charge < -0.3 is 4.98 Å². The highest BCUT2D eigenvalue weighted by Gasteiger charge is 2.24. The predicted octanol–water partition coefficient (Wildman–Crippen LogP) is 4.50. The molecule has 1 aliphatic rings.